The van der Waals surface area contributed by atoms with Crippen LogP contribution in [0.4, 0.5) is 5.69 Å². The molecule has 0 aromatic heterocycles. The molecule has 1 saturated carbocycles. The molecule has 1 unspecified atom stereocenters. The number of rotatable bonds is 2. The fraction of sp³-hybridized carbons (Fsp3) is 0.571. The van der Waals surface area contributed by atoms with Crippen molar-refractivity contribution in [2.24, 2.45) is 11.8 Å². The molecule has 2 N–H and O–H groups in total. The molecule has 2 bridgehead atoms. The number of nitrogens with zero attached hydrogens (tertiary/aromatic N) is 1. The summed E-state index contributed by atoms with van der Waals surface area (Å²) in [5, 5.41) is 3.84. The summed E-state index contributed by atoms with van der Waals surface area (Å²) < 4.78 is 23.2. The van der Waals surface area contributed by atoms with E-state index < -0.39 is 9.71 Å². The fourth-order valence-electron chi connectivity index (χ4n) is 8.24. The van der Waals surface area contributed by atoms with Crippen molar-refractivity contribution < 1.29 is 18.5 Å². The maximum Gasteiger partial charge on any atom is 0.262 e. The van der Waals surface area contributed by atoms with Gasteiger partial charge in [-0.05, 0) is 111 Å². The van der Waals surface area contributed by atoms with E-state index in [9.17, 15) is 13.8 Å². The lowest BCUT2D eigenvalue weighted by Gasteiger charge is -2.47. The summed E-state index contributed by atoms with van der Waals surface area (Å²) in [7, 11) is -2.87. The lowest BCUT2D eigenvalue weighted by atomic mass is 9.67. The van der Waals surface area contributed by atoms with E-state index in [1.165, 1.54) is 11.1 Å². The molecule has 2 aromatic carbocycles. The number of amides is 2. The molecule has 2 aromatic rings. The quantitative estimate of drug-likeness (QED) is 0.390. The van der Waals surface area contributed by atoms with Gasteiger partial charge in [0.05, 0.1) is 22.0 Å². The van der Waals surface area contributed by atoms with Crippen LogP contribution in [0.25, 0.3) is 0 Å². The normalized spacial score (nSPS) is 32.2. The zero-order chi connectivity index (χ0) is 31.1. The van der Waals surface area contributed by atoms with Crippen LogP contribution in [0.5, 0.6) is 5.75 Å². The van der Waals surface area contributed by atoms with Crippen LogP contribution in [0.3, 0.4) is 0 Å². The third kappa shape index (κ3) is 6.21. The van der Waals surface area contributed by atoms with Crippen LogP contribution >= 0.6 is 11.6 Å². The first-order chi connectivity index (χ1) is 21.1. The standard InChI is InChI=1S/C35H46ClN3O4S/c1-4-28-9-5-6-10-31(37-23(2)40)29-14-11-26(29)20-39-21-35(17-7-8-24-18-27(36)13-15-30(24)35)22-43-33-16-12-25(19-32(33)39)34(41)38-44(28,3)42/h12-13,15-16,18-19,26,28-29,31H,3-11,14,17,20-22H2,1-2H3,(H,37,40)(H,38,41,42)/t26-,28+,29+,31+,35-,44?/m0/s1. The summed E-state index contributed by atoms with van der Waals surface area (Å²) in [5.41, 5.74) is 3.73. The number of halogens is 1. The molecule has 6 atom stereocenters. The average Bonchev–Trinajstić information content (AvgIpc) is 3.11. The molecule has 6 rings (SSSR count). The second-order valence-corrected chi connectivity index (χ2v) is 16.3. The molecule has 1 spiro atoms. The number of anilines is 1. The van der Waals surface area contributed by atoms with Gasteiger partial charge in [-0.25, -0.2) is 4.21 Å². The van der Waals surface area contributed by atoms with Crippen LogP contribution < -0.4 is 19.7 Å². The van der Waals surface area contributed by atoms with Gasteiger partial charge in [0, 0.05) is 47.3 Å². The van der Waals surface area contributed by atoms with Crippen LogP contribution in [0.1, 0.15) is 93.1 Å². The van der Waals surface area contributed by atoms with Gasteiger partial charge in [-0.2, -0.15) is 0 Å². The van der Waals surface area contributed by atoms with Crippen LogP contribution in [-0.2, 0) is 26.3 Å². The van der Waals surface area contributed by atoms with Crippen molar-refractivity contribution >= 4 is 44.7 Å². The summed E-state index contributed by atoms with van der Waals surface area (Å²) in [5.74, 6) is 5.23. The minimum atomic E-state index is -2.87. The van der Waals surface area contributed by atoms with Crippen LogP contribution in [0.2, 0.25) is 5.02 Å². The molecule has 2 amide bonds. The molecule has 9 heteroatoms. The van der Waals surface area contributed by atoms with Crippen molar-refractivity contribution in [3.05, 3.63) is 58.1 Å². The number of carbonyl (C=O) groups is 2. The maximum atomic E-state index is 13.8. The third-order valence-electron chi connectivity index (χ3n) is 10.7. The van der Waals surface area contributed by atoms with E-state index in [4.69, 9.17) is 16.3 Å². The number of benzene rings is 2. The monoisotopic (exact) mass is 639 g/mol. The van der Waals surface area contributed by atoms with Gasteiger partial charge in [-0.1, -0.05) is 37.4 Å². The molecular weight excluding hydrogens is 594 g/mol. The molecule has 2 aliphatic heterocycles. The summed E-state index contributed by atoms with van der Waals surface area (Å²) in [6, 6.07) is 12.0. The summed E-state index contributed by atoms with van der Waals surface area (Å²) in [6.45, 7) is 5.74. The van der Waals surface area contributed by atoms with Gasteiger partial charge in [0.1, 0.15) is 5.75 Å². The molecule has 1 fully saturated rings. The van der Waals surface area contributed by atoms with Crippen LogP contribution in [0.15, 0.2) is 36.4 Å². The molecule has 4 aliphatic rings. The number of fused-ring (bicyclic) bond motifs is 4. The zero-order valence-electron chi connectivity index (χ0n) is 26.0. The number of hydrogen-bond donors (Lipinski definition) is 2. The Morgan fingerprint density at radius 1 is 1.16 bits per heavy atom. The molecule has 2 aliphatic carbocycles. The summed E-state index contributed by atoms with van der Waals surface area (Å²) >= 11 is 6.43. The van der Waals surface area contributed by atoms with E-state index in [1.807, 2.05) is 25.1 Å². The van der Waals surface area contributed by atoms with Gasteiger partial charge in [0.2, 0.25) is 5.91 Å². The van der Waals surface area contributed by atoms with Gasteiger partial charge < -0.3 is 15.0 Å². The molecule has 0 saturated heterocycles. The largest absolute Gasteiger partial charge is 0.490 e. The van der Waals surface area contributed by atoms with Crippen molar-refractivity contribution in [1.82, 2.24) is 10.0 Å². The second-order valence-electron chi connectivity index (χ2n) is 13.6. The smallest absolute Gasteiger partial charge is 0.262 e. The van der Waals surface area contributed by atoms with Gasteiger partial charge in [-0.15, -0.1) is 0 Å². The van der Waals surface area contributed by atoms with Crippen molar-refractivity contribution in [2.75, 3.05) is 24.6 Å². The van der Waals surface area contributed by atoms with Crippen molar-refractivity contribution in [3.8, 4) is 5.75 Å². The Bertz CT molecular complexity index is 1530. The highest BCUT2D eigenvalue weighted by atomic mass is 35.5. The van der Waals surface area contributed by atoms with Crippen LogP contribution in [0, 0.1) is 11.8 Å². The van der Waals surface area contributed by atoms with E-state index in [2.05, 4.69) is 32.9 Å². The van der Waals surface area contributed by atoms with Gasteiger partial charge in [0.25, 0.3) is 5.91 Å². The Kier molecular flexibility index (Phi) is 8.95. The Labute approximate surface area is 267 Å². The Balaban J connectivity index is 1.41. The fourth-order valence-corrected chi connectivity index (χ4v) is 10.1. The Morgan fingerprint density at radius 3 is 2.73 bits per heavy atom. The zero-order valence-corrected chi connectivity index (χ0v) is 27.6. The SMILES string of the molecule is C=S1(=O)NC(=O)c2ccc3c(c2)N(C[C@@H]2CC[C@H]2[C@H](NC(C)=O)CCCC[C@H]1CC)C[C@@]1(CCCc2cc(Cl)ccc21)CO3. The summed E-state index contributed by atoms with van der Waals surface area (Å²) in [4.78, 5) is 28.3. The predicted molar refractivity (Wildman–Crippen MR) is 179 cm³/mol. The Morgan fingerprint density at radius 2 is 1.98 bits per heavy atom. The number of aryl methyl sites for hydroxylation is 1. The molecule has 238 valence electrons. The number of carbonyl (C=O) groups excluding carboxylic acids is 2. The molecular formula is C35H46ClN3O4S. The van der Waals surface area contributed by atoms with E-state index in [0.717, 1.165) is 87.3 Å². The summed E-state index contributed by atoms with van der Waals surface area (Å²) in [6.07, 6.45) is 9.35. The van der Waals surface area contributed by atoms with E-state index in [0.29, 0.717) is 30.4 Å². The minimum Gasteiger partial charge on any atom is -0.490 e. The first-order valence-electron chi connectivity index (χ1n) is 16.3. The number of ether oxygens (including phenoxy) is 1. The minimum absolute atomic E-state index is 0.0135. The molecule has 44 heavy (non-hydrogen) atoms. The Hall–Kier alpha value is -2.71. The van der Waals surface area contributed by atoms with Crippen LogP contribution in [-0.4, -0.2) is 52.9 Å². The lowest BCUT2D eigenvalue weighted by Crippen LogP contribution is -2.52. The highest BCUT2D eigenvalue weighted by Crippen LogP contribution is 2.47. The lowest BCUT2D eigenvalue weighted by molar-refractivity contribution is -0.120. The van der Waals surface area contributed by atoms with Crippen molar-refractivity contribution in [2.45, 2.75) is 94.8 Å². The predicted octanol–water partition coefficient (Wildman–Crippen LogP) is 6.06. The van der Waals surface area contributed by atoms with Gasteiger partial charge >= 0.3 is 0 Å². The molecule has 0 radical (unpaired) electrons. The first kappa shape index (κ1) is 31.3. The highest BCUT2D eigenvalue weighted by molar-refractivity contribution is 7.99. The molecule has 2 heterocycles. The van der Waals surface area contributed by atoms with Gasteiger partial charge in [0.15, 0.2) is 0 Å². The number of nitrogens with one attached hydrogen (secondary N) is 2. The number of hydrogen-bond acceptors (Lipinski definition) is 5. The maximum absolute atomic E-state index is 13.8. The van der Waals surface area contributed by atoms with E-state index in [-0.39, 0.29) is 28.5 Å². The van der Waals surface area contributed by atoms with Crippen molar-refractivity contribution in [3.63, 3.8) is 0 Å². The highest BCUT2D eigenvalue weighted by Gasteiger charge is 2.44. The van der Waals surface area contributed by atoms with Gasteiger partial charge in [-0.3, -0.25) is 14.3 Å². The van der Waals surface area contributed by atoms with Crippen molar-refractivity contribution in [1.29, 1.82) is 0 Å². The first-order valence-corrected chi connectivity index (χ1v) is 18.5. The van der Waals surface area contributed by atoms with E-state index in [1.54, 1.807) is 13.0 Å². The van der Waals surface area contributed by atoms with E-state index >= 15 is 0 Å². The average molecular weight is 640 g/mol. The third-order valence-corrected chi connectivity index (χ3v) is 13.1. The topological polar surface area (TPSA) is 87.7 Å². The second kappa shape index (κ2) is 12.6. The molecule has 7 nitrogen and oxygen atoms in total.